The minimum absolute atomic E-state index is 0.0225. The van der Waals surface area contributed by atoms with E-state index in [0.717, 1.165) is 0 Å². The fraction of sp³-hybridized carbons (Fsp3) is 0.462. The number of hydrogen-bond acceptors (Lipinski definition) is 1. The Balaban J connectivity index is 2.76. The van der Waals surface area contributed by atoms with Gasteiger partial charge in [-0.15, -0.1) is 0 Å². The van der Waals surface area contributed by atoms with E-state index in [0.29, 0.717) is 6.42 Å². The molecule has 0 aromatic heterocycles. The first-order chi connectivity index (χ1) is 7.47. The first-order valence-electron chi connectivity index (χ1n) is 5.43. The summed E-state index contributed by atoms with van der Waals surface area (Å²) in [7, 11) is 0. The Labute approximate surface area is 94.5 Å². The summed E-state index contributed by atoms with van der Waals surface area (Å²) in [5.74, 6) is -3.64. The van der Waals surface area contributed by atoms with Crippen LogP contribution in [-0.4, -0.2) is 5.78 Å². The summed E-state index contributed by atoms with van der Waals surface area (Å²) in [6.07, 6.45) is -0.101. The molecule has 1 aromatic rings. The smallest absolute Gasteiger partial charge is 0.273 e. The molecule has 0 aliphatic heterocycles. The maximum Gasteiger partial charge on any atom is 0.273 e. The molecule has 0 fully saturated rings. The van der Waals surface area contributed by atoms with Gasteiger partial charge in [-0.3, -0.25) is 4.79 Å². The minimum Gasteiger partial charge on any atom is -0.299 e. The number of alkyl halides is 2. The van der Waals surface area contributed by atoms with Gasteiger partial charge in [-0.25, -0.2) is 8.78 Å². The lowest BCUT2D eigenvalue weighted by Crippen LogP contribution is -2.21. The number of benzene rings is 1. The second-order valence-electron chi connectivity index (χ2n) is 4.00. The predicted octanol–water partition coefficient (Wildman–Crippen LogP) is 3.78. The van der Waals surface area contributed by atoms with Gasteiger partial charge in [0.2, 0.25) is 0 Å². The summed E-state index contributed by atoms with van der Waals surface area (Å²) in [5, 5.41) is 0. The maximum absolute atomic E-state index is 13.8. The Kier molecular flexibility index (Phi) is 4.16. The number of carbonyl (C=O) groups excluding carboxylic acids is 1. The Hall–Kier alpha value is -1.25. The van der Waals surface area contributed by atoms with Crippen molar-refractivity contribution in [3.8, 4) is 0 Å². The van der Waals surface area contributed by atoms with Crippen LogP contribution in [0.25, 0.3) is 0 Å². The standard InChI is InChI=1S/C13H16F2O/c1-3-12(16)10(2)9-13(14,15)11-7-5-4-6-8-11/h4-8,10H,3,9H2,1-2H3. The van der Waals surface area contributed by atoms with E-state index in [-0.39, 0.29) is 11.3 Å². The van der Waals surface area contributed by atoms with E-state index in [4.69, 9.17) is 0 Å². The van der Waals surface area contributed by atoms with Gasteiger partial charge in [0.15, 0.2) is 0 Å². The summed E-state index contributed by atoms with van der Waals surface area (Å²) in [6, 6.07) is 7.64. The molecule has 0 saturated heterocycles. The highest BCUT2D eigenvalue weighted by atomic mass is 19.3. The van der Waals surface area contributed by atoms with Gasteiger partial charge in [0, 0.05) is 24.3 Å². The SMILES string of the molecule is CCC(=O)C(C)CC(F)(F)c1ccccc1. The summed E-state index contributed by atoms with van der Waals surface area (Å²) in [6.45, 7) is 3.25. The Bertz CT molecular complexity index is 346. The number of Topliss-reactive ketones (excluding diaryl/α,β-unsaturated/α-hetero) is 1. The van der Waals surface area contributed by atoms with Crippen molar-refractivity contribution in [2.24, 2.45) is 5.92 Å². The number of carbonyl (C=O) groups is 1. The van der Waals surface area contributed by atoms with Crippen molar-refractivity contribution in [2.45, 2.75) is 32.6 Å². The lowest BCUT2D eigenvalue weighted by atomic mass is 9.93. The van der Waals surface area contributed by atoms with E-state index in [1.807, 2.05) is 0 Å². The zero-order chi connectivity index (χ0) is 12.2. The molecule has 1 atom stereocenters. The molecule has 3 heteroatoms. The van der Waals surface area contributed by atoms with Crippen LogP contribution in [0.15, 0.2) is 30.3 Å². The van der Waals surface area contributed by atoms with Gasteiger partial charge in [-0.2, -0.15) is 0 Å². The van der Waals surface area contributed by atoms with Crippen molar-refractivity contribution in [1.29, 1.82) is 0 Å². The molecule has 88 valence electrons. The molecule has 0 N–H and O–H groups in total. The Morgan fingerprint density at radius 2 is 1.88 bits per heavy atom. The average Bonchev–Trinajstić information content (AvgIpc) is 2.28. The topological polar surface area (TPSA) is 17.1 Å². The summed E-state index contributed by atoms with van der Waals surface area (Å²) in [5.41, 5.74) is -0.0225. The molecule has 1 aromatic carbocycles. The molecule has 1 unspecified atom stereocenters. The molecule has 0 spiro atoms. The highest BCUT2D eigenvalue weighted by Crippen LogP contribution is 2.34. The van der Waals surface area contributed by atoms with Crippen LogP contribution in [-0.2, 0) is 10.7 Å². The van der Waals surface area contributed by atoms with E-state index in [1.165, 1.54) is 12.1 Å². The average molecular weight is 226 g/mol. The van der Waals surface area contributed by atoms with Crippen LogP contribution >= 0.6 is 0 Å². The van der Waals surface area contributed by atoms with Gasteiger partial charge in [0.1, 0.15) is 5.78 Å². The third kappa shape index (κ3) is 3.12. The largest absolute Gasteiger partial charge is 0.299 e. The monoisotopic (exact) mass is 226 g/mol. The van der Waals surface area contributed by atoms with Crippen LogP contribution in [0.4, 0.5) is 8.78 Å². The third-order valence-electron chi connectivity index (χ3n) is 2.66. The van der Waals surface area contributed by atoms with Crippen molar-refractivity contribution in [3.63, 3.8) is 0 Å². The fourth-order valence-corrected chi connectivity index (χ4v) is 1.65. The molecule has 1 rings (SSSR count). The summed E-state index contributed by atoms with van der Waals surface area (Å²) < 4.78 is 27.5. The van der Waals surface area contributed by atoms with E-state index < -0.39 is 18.3 Å². The first kappa shape index (κ1) is 12.8. The second-order valence-corrected chi connectivity index (χ2v) is 4.00. The van der Waals surface area contributed by atoms with Crippen LogP contribution in [0.5, 0.6) is 0 Å². The Morgan fingerprint density at radius 1 is 1.31 bits per heavy atom. The number of halogens is 2. The maximum atomic E-state index is 13.8. The molecule has 0 radical (unpaired) electrons. The van der Waals surface area contributed by atoms with E-state index in [2.05, 4.69) is 0 Å². The van der Waals surface area contributed by atoms with Crippen LogP contribution in [0.3, 0.4) is 0 Å². The van der Waals surface area contributed by atoms with Crippen molar-refractivity contribution >= 4 is 5.78 Å². The predicted molar refractivity (Wildman–Crippen MR) is 59.4 cm³/mol. The quantitative estimate of drug-likeness (QED) is 0.746. The molecule has 0 aliphatic rings. The highest BCUT2D eigenvalue weighted by molar-refractivity contribution is 5.80. The zero-order valence-corrected chi connectivity index (χ0v) is 9.54. The Morgan fingerprint density at radius 3 is 2.38 bits per heavy atom. The normalized spacial score (nSPS) is 13.5. The van der Waals surface area contributed by atoms with Crippen molar-refractivity contribution in [3.05, 3.63) is 35.9 Å². The molecule has 0 heterocycles. The minimum atomic E-state index is -2.93. The van der Waals surface area contributed by atoms with Crippen LogP contribution < -0.4 is 0 Å². The fourth-order valence-electron chi connectivity index (χ4n) is 1.65. The molecule has 0 saturated carbocycles. The molecule has 0 amide bonds. The van der Waals surface area contributed by atoms with Crippen molar-refractivity contribution in [1.82, 2.24) is 0 Å². The van der Waals surface area contributed by atoms with Crippen LogP contribution in [0.1, 0.15) is 32.3 Å². The molecule has 0 bridgehead atoms. The van der Waals surface area contributed by atoms with E-state index in [9.17, 15) is 13.6 Å². The van der Waals surface area contributed by atoms with Gasteiger partial charge in [-0.05, 0) is 0 Å². The van der Waals surface area contributed by atoms with Crippen molar-refractivity contribution in [2.75, 3.05) is 0 Å². The summed E-state index contributed by atoms with van der Waals surface area (Å²) >= 11 is 0. The molecule has 0 aliphatic carbocycles. The molecular formula is C13H16F2O. The third-order valence-corrected chi connectivity index (χ3v) is 2.66. The van der Waals surface area contributed by atoms with Crippen molar-refractivity contribution < 1.29 is 13.6 Å². The molecular weight excluding hydrogens is 210 g/mol. The number of hydrogen-bond donors (Lipinski definition) is 0. The van der Waals surface area contributed by atoms with E-state index >= 15 is 0 Å². The lowest BCUT2D eigenvalue weighted by molar-refractivity contribution is -0.125. The summed E-state index contributed by atoms with van der Waals surface area (Å²) in [4.78, 5) is 11.3. The number of ketones is 1. The van der Waals surface area contributed by atoms with Gasteiger partial charge < -0.3 is 0 Å². The molecule has 16 heavy (non-hydrogen) atoms. The lowest BCUT2D eigenvalue weighted by Gasteiger charge is -2.20. The van der Waals surface area contributed by atoms with Gasteiger partial charge in [0.25, 0.3) is 5.92 Å². The molecule has 1 nitrogen and oxygen atoms in total. The van der Waals surface area contributed by atoms with Gasteiger partial charge in [0.05, 0.1) is 0 Å². The van der Waals surface area contributed by atoms with E-state index in [1.54, 1.807) is 32.0 Å². The van der Waals surface area contributed by atoms with Crippen LogP contribution in [0, 0.1) is 5.92 Å². The van der Waals surface area contributed by atoms with Gasteiger partial charge in [-0.1, -0.05) is 44.2 Å². The number of rotatable bonds is 5. The second kappa shape index (κ2) is 5.19. The van der Waals surface area contributed by atoms with Crippen LogP contribution in [0.2, 0.25) is 0 Å². The zero-order valence-electron chi connectivity index (χ0n) is 9.54. The first-order valence-corrected chi connectivity index (χ1v) is 5.43. The van der Waals surface area contributed by atoms with Gasteiger partial charge >= 0.3 is 0 Å². The highest BCUT2D eigenvalue weighted by Gasteiger charge is 2.34.